The summed E-state index contributed by atoms with van der Waals surface area (Å²) in [6.07, 6.45) is 0. The zero-order chi connectivity index (χ0) is 15.6. The normalized spacial score (nSPS) is 17.9. The van der Waals surface area contributed by atoms with Crippen molar-refractivity contribution < 1.29 is 0 Å². The van der Waals surface area contributed by atoms with Gasteiger partial charge in [0, 0.05) is 17.6 Å². The fraction of sp³-hybridized carbons (Fsp3) is 0.235. The molecule has 1 aliphatic heterocycles. The molecule has 4 rings (SSSR count). The Morgan fingerprint density at radius 2 is 1.91 bits per heavy atom. The highest BCUT2D eigenvalue weighted by Gasteiger charge is 2.31. The first kappa shape index (κ1) is 14.5. The van der Waals surface area contributed by atoms with Crippen molar-refractivity contribution in [1.29, 1.82) is 0 Å². The van der Waals surface area contributed by atoms with Gasteiger partial charge in [0.2, 0.25) is 0 Å². The van der Waals surface area contributed by atoms with Crippen molar-refractivity contribution in [2.45, 2.75) is 19.1 Å². The van der Waals surface area contributed by atoms with Crippen LogP contribution in [-0.2, 0) is 13.1 Å². The minimum absolute atomic E-state index is 0.0823. The van der Waals surface area contributed by atoms with Gasteiger partial charge >= 0.3 is 0 Å². The van der Waals surface area contributed by atoms with Gasteiger partial charge < -0.3 is 0 Å². The molecule has 1 atom stereocenters. The summed E-state index contributed by atoms with van der Waals surface area (Å²) in [7, 11) is 0. The molecule has 0 radical (unpaired) electrons. The van der Waals surface area contributed by atoms with E-state index in [2.05, 4.69) is 84.9 Å². The van der Waals surface area contributed by atoms with Gasteiger partial charge in [0.05, 0.1) is 12.6 Å². The van der Waals surface area contributed by atoms with Crippen LogP contribution in [0.2, 0.25) is 0 Å². The van der Waals surface area contributed by atoms with Gasteiger partial charge in [-0.2, -0.15) is 0 Å². The molecule has 6 heteroatoms. The predicted octanol–water partition coefficient (Wildman–Crippen LogP) is 3.04. The molecule has 0 spiro atoms. The van der Waals surface area contributed by atoms with Crippen molar-refractivity contribution in [3.8, 4) is 0 Å². The number of aromatic nitrogens is 4. The second kappa shape index (κ2) is 6.22. The Hall–Kier alpha value is -2.05. The number of benzene rings is 2. The van der Waals surface area contributed by atoms with Crippen molar-refractivity contribution >= 4 is 15.9 Å². The van der Waals surface area contributed by atoms with Gasteiger partial charge in [-0.3, -0.25) is 4.90 Å². The van der Waals surface area contributed by atoms with E-state index in [4.69, 9.17) is 0 Å². The molecule has 3 aromatic rings. The lowest BCUT2D eigenvalue weighted by Crippen LogP contribution is -2.38. The number of fused-ring (bicyclic) bond motifs is 1. The Bertz CT molecular complexity index is 802. The molecule has 1 aromatic heterocycles. The second-order valence-corrected chi connectivity index (χ2v) is 6.59. The lowest BCUT2D eigenvalue weighted by Gasteiger charge is -2.34. The Kier molecular flexibility index (Phi) is 3.93. The molecule has 5 nitrogen and oxygen atoms in total. The van der Waals surface area contributed by atoms with Gasteiger partial charge in [-0.25, -0.2) is 4.68 Å². The quantitative estimate of drug-likeness (QED) is 0.711. The number of tetrazole rings is 1. The fourth-order valence-electron chi connectivity index (χ4n) is 3.12. The molecule has 23 heavy (non-hydrogen) atoms. The summed E-state index contributed by atoms with van der Waals surface area (Å²) in [5, 5.41) is 12.2. The first-order valence-electron chi connectivity index (χ1n) is 7.61. The zero-order valence-electron chi connectivity index (χ0n) is 12.5. The molecule has 2 heterocycles. The second-order valence-electron chi connectivity index (χ2n) is 5.67. The summed E-state index contributed by atoms with van der Waals surface area (Å²) in [5.41, 5.74) is 2.50. The van der Waals surface area contributed by atoms with Gasteiger partial charge in [0.1, 0.15) is 0 Å². The zero-order valence-corrected chi connectivity index (χ0v) is 14.1. The van der Waals surface area contributed by atoms with E-state index in [1.54, 1.807) is 0 Å². The average molecular weight is 370 g/mol. The van der Waals surface area contributed by atoms with Crippen LogP contribution in [-0.4, -0.2) is 31.7 Å². The van der Waals surface area contributed by atoms with Gasteiger partial charge in [-0.15, -0.1) is 5.10 Å². The molecule has 0 N–H and O–H groups in total. The van der Waals surface area contributed by atoms with E-state index in [0.717, 1.165) is 29.9 Å². The topological polar surface area (TPSA) is 46.8 Å². The molecule has 2 aromatic carbocycles. The van der Waals surface area contributed by atoms with E-state index >= 15 is 0 Å². The summed E-state index contributed by atoms with van der Waals surface area (Å²) in [4.78, 5) is 2.43. The van der Waals surface area contributed by atoms with Crippen molar-refractivity contribution in [2.75, 3.05) is 6.54 Å². The Balaban J connectivity index is 1.71. The molecule has 0 bridgehead atoms. The molecule has 0 amide bonds. The van der Waals surface area contributed by atoms with Crippen LogP contribution >= 0.6 is 15.9 Å². The maximum Gasteiger partial charge on any atom is 0.173 e. The van der Waals surface area contributed by atoms with Gasteiger partial charge in [-0.05, 0) is 33.7 Å². The van der Waals surface area contributed by atoms with Crippen LogP contribution in [0.15, 0.2) is 59.1 Å². The third-order valence-corrected chi connectivity index (χ3v) is 4.65. The minimum atomic E-state index is 0.0823. The molecule has 1 aliphatic rings. The van der Waals surface area contributed by atoms with E-state index < -0.39 is 0 Å². The molecule has 0 fully saturated rings. The SMILES string of the molecule is Brc1cccc(CN2CCn3nnnc3[C@@H]2c2ccccc2)c1. The first-order chi connectivity index (χ1) is 11.3. The molecule has 0 aliphatic carbocycles. The summed E-state index contributed by atoms with van der Waals surface area (Å²) in [6, 6.07) is 19.0. The van der Waals surface area contributed by atoms with Gasteiger partial charge in [0.15, 0.2) is 5.82 Å². The average Bonchev–Trinajstić information content (AvgIpc) is 3.04. The van der Waals surface area contributed by atoms with Crippen LogP contribution in [0.1, 0.15) is 23.0 Å². The molecule has 0 saturated carbocycles. The van der Waals surface area contributed by atoms with E-state index in [9.17, 15) is 0 Å². The highest BCUT2D eigenvalue weighted by Crippen LogP contribution is 2.31. The monoisotopic (exact) mass is 369 g/mol. The number of nitrogens with zero attached hydrogens (tertiary/aromatic N) is 5. The van der Waals surface area contributed by atoms with Crippen molar-refractivity contribution in [3.05, 3.63) is 76.0 Å². The molecule has 116 valence electrons. The predicted molar refractivity (Wildman–Crippen MR) is 90.7 cm³/mol. The minimum Gasteiger partial charge on any atom is -0.284 e. The van der Waals surface area contributed by atoms with Crippen LogP contribution in [0.4, 0.5) is 0 Å². The highest BCUT2D eigenvalue weighted by molar-refractivity contribution is 9.10. The third-order valence-electron chi connectivity index (χ3n) is 4.16. The number of halogens is 1. The van der Waals surface area contributed by atoms with Crippen molar-refractivity contribution in [2.24, 2.45) is 0 Å². The van der Waals surface area contributed by atoms with Gasteiger partial charge in [-0.1, -0.05) is 58.4 Å². The van der Waals surface area contributed by atoms with Crippen LogP contribution in [0.5, 0.6) is 0 Å². The lowest BCUT2D eigenvalue weighted by atomic mass is 10.0. The Labute approximate surface area is 143 Å². The van der Waals surface area contributed by atoms with Crippen molar-refractivity contribution in [1.82, 2.24) is 25.1 Å². The van der Waals surface area contributed by atoms with Crippen LogP contribution in [0.3, 0.4) is 0 Å². The fourth-order valence-corrected chi connectivity index (χ4v) is 3.56. The lowest BCUT2D eigenvalue weighted by molar-refractivity contribution is 0.164. The Morgan fingerprint density at radius 3 is 2.74 bits per heavy atom. The number of rotatable bonds is 3. The van der Waals surface area contributed by atoms with Gasteiger partial charge in [0.25, 0.3) is 0 Å². The van der Waals surface area contributed by atoms with Crippen LogP contribution in [0, 0.1) is 0 Å². The maximum atomic E-state index is 4.27. The summed E-state index contributed by atoms with van der Waals surface area (Å²) in [5.74, 6) is 0.914. The van der Waals surface area contributed by atoms with Crippen LogP contribution in [0.25, 0.3) is 0 Å². The molecule has 0 unspecified atom stereocenters. The molecular formula is C17H16BrN5. The van der Waals surface area contributed by atoms with E-state index in [0.29, 0.717) is 0 Å². The number of hydrogen-bond donors (Lipinski definition) is 0. The first-order valence-corrected chi connectivity index (χ1v) is 8.40. The molecular weight excluding hydrogens is 354 g/mol. The van der Waals surface area contributed by atoms with Crippen molar-refractivity contribution in [3.63, 3.8) is 0 Å². The standard InChI is InChI=1S/C17H16BrN5/c18-15-8-4-5-13(11-15)12-22-9-10-23-17(19-20-21-23)16(22)14-6-2-1-3-7-14/h1-8,11,16H,9-10,12H2/t16-/m0/s1. The third kappa shape index (κ3) is 2.92. The maximum absolute atomic E-state index is 4.27. The summed E-state index contributed by atoms with van der Waals surface area (Å²) >= 11 is 3.55. The molecule has 0 saturated heterocycles. The summed E-state index contributed by atoms with van der Waals surface area (Å²) < 4.78 is 3.02. The van der Waals surface area contributed by atoms with E-state index in [1.165, 1.54) is 11.1 Å². The number of hydrogen-bond acceptors (Lipinski definition) is 4. The largest absolute Gasteiger partial charge is 0.284 e. The van der Waals surface area contributed by atoms with E-state index in [1.807, 2.05) is 10.7 Å². The van der Waals surface area contributed by atoms with E-state index in [-0.39, 0.29) is 6.04 Å². The highest BCUT2D eigenvalue weighted by atomic mass is 79.9. The van der Waals surface area contributed by atoms with Crippen LogP contribution < -0.4 is 0 Å². The smallest absolute Gasteiger partial charge is 0.173 e. The Morgan fingerprint density at radius 1 is 1.04 bits per heavy atom. The summed E-state index contributed by atoms with van der Waals surface area (Å²) in [6.45, 7) is 2.61.